The maximum atomic E-state index is 5.17. The minimum absolute atomic E-state index is 0.0553. The van der Waals surface area contributed by atoms with Crippen molar-refractivity contribution in [1.29, 1.82) is 0 Å². The minimum atomic E-state index is -0.0903. The van der Waals surface area contributed by atoms with Crippen molar-refractivity contribution in [2.24, 2.45) is 16.8 Å². The largest absolute Gasteiger partial charge is 0.354 e. The highest BCUT2D eigenvalue weighted by Gasteiger charge is 2.31. The molecule has 2 N–H and O–H groups in total. The van der Waals surface area contributed by atoms with Gasteiger partial charge >= 0.3 is 0 Å². The van der Waals surface area contributed by atoms with E-state index < -0.39 is 0 Å². The molecular weight excluding hydrogens is 464 g/mol. The van der Waals surface area contributed by atoms with E-state index in [9.17, 15) is 0 Å². The van der Waals surface area contributed by atoms with Gasteiger partial charge in [-0.25, -0.2) is 4.99 Å². The SMILES string of the molecule is CC1CC=CC=C1C1=NC(c2ccccc2)NC(C2C=C(n3c4ccccc4c4ccccc43)C=CC2)N1. The summed E-state index contributed by atoms with van der Waals surface area (Å²) in [7, 11) is 0. The summed E-state index contributed by atoms with van der Waals surface area (Å²) in [6.07, 6.45) is 15.6. The van der Waals surface area contributed by atoms with Crippen molar-refractivity contribution in [2.75, 3.05) is 0 Å². The molecule has 3 aliphatic rings. The fraction of sp³-hybridized carbons (Fsp3) is 0.206. The maximum Gasteiger partial charge on any atom is 0.129 e. The van der Waals surface area contributed by atoms with Crippen molar-refractivity contribution in [3.05, 3.63) is 126 Å². The Morgan fingerprint density at radius 2 is 1.53 bits per heavy atom. The third-order valence-corrected chi connectivity index (χ3v) is 8.06. The smallest absolute Gasteiger partial charge is 0.129 e. The molecule has 4 atom stereocenters. The zero-order valence-electron chi connectivity index (χ0n) is 21.6. The van der Waals surface area contributed by atoms with Gasteiger partial charge in [-0.15, -0.1) is 0 Å². The molecule has 2 heterocycles. The summed E-state index contributed by atoms with van der Waals surface area (Å²) in [4.78, 5) is 5.17. The molecule has 0 amide bonds. The standard InChI is InChI=1S/C34H32N4/c1-23-12-5-6-17-27(23)34-36-32(24-13-3-2-4-14-24)35-33(37-34)25-15-11-16-26(22-25)38-30-20-9-7-18-28(30)29-19-8-10-21-31(29)38/h2-11,13-14,16-23,25,32-33,35H,12,15H2,1H3,(H,36,37). The van der Waals surface area contributed by atoms with Gasteiger partial charge in [-0.2, -0.15) is 0 Å². The molecule has 0 saturated heterocycles. The van der Waals surface area contributed by atoms with E-state index in [4.69, 9.17) is 4.99 Å². The number of nitrogens with zero attached hydrogens (tertiary/aromatic N) is 2. The zero-order chi connectivity index (χ0) is 25.5. The highest BCUT2D eigenvalue weighted by atomic mass is 15.3. The molecule has 4 nitrogen and oxygen atoms in total. The van der Waals surface area contributed by atoms with Gasteiger partial charge in [0.25, 0.3) is 0 Å². The molecular formula is C34H32N4. The van der Waals surface area contributed by atoms with E-state index in [1.54, 1.807) is 0 Å². The van der Waals surface area contributed by atoms with E-state index in [-0.39, 0.29) is 18.2 Å². The molecule has 4 unspecified atom stereocenters. The summed E-state index contributed by atoms with van der Waals surface area (Å²) >= 11 is 0. The number of para-hydroxylation sites is 2. The Hall–Kier alpha value is -4.15. The van der Waals surface area contributed by atoms with E-state index in [1.165, 1.54) is 38.6 Å². The van der Waals surface area contributed by atoms with Crippen molar-refractivity contribution in [3.8, 4) is 0 Å². The Labute approximate surface area is 223 Å². The number of allylic oxidation sites excluding steroid dienone is 6. The van der Waals surface area contributed by atoms with Gasteiger partial charge < -0.3 is 9.88 Å². The summed E-state index contributed by atoms with van der Waals surface area (Å²) in [5, 5.41) is 10.2. The Morgan fingerprint density at radius 1 is 0.816 bits per heavy atom. The maximum absolute atomic E-state index is 5.17. The fourth-order valence-corrected chi connectivity index (χ4v) is 6.09. The number of aromatic nitrogens is 1. The van der Waals surface area contributed by atoms with E-state index in [1.807, 2.05) is 0 Å². The highest BCUT2D eigenvalue weighted by molar-refractivity contribution is 6.10. The number of hydrogen-bond donors (Lipinski definition) is 2. The van der Waals surface area contributed by atoms with E-state index >= 15 is 0 Å². The third-order valence-electron chi connectivity index (χ3n) is 8.06. The van der Waals surface area contributed by atoms with Crippen LogP contribution in [0.25, 0.3) is 27.5 Å². The second-order valence-corrected chi connectivity index (χ2v) is 10.5. The second kappa shape index (κ2) is 9.62. The first-order chi connectivity index (χ1) is 18.8. The van der Waals surface area contributed by atoms with Gasteiger partial charge in [0, 0.05) is 22.4 Å². The van der Waals surface area contributed by atoms with Crippen molar-refractivity contribution >= 4 is 33.3 Å². The topological polar surface area (TPSA) is 41.4 Å². The normalized spacial score (nSPS) is 25.1. The lowest BCUT2D eigenvalue weighted by Gasteiger charge is -2.37. The van der Waals surface area contributed by atoms with Crippen LogP contribution >= 0.6 is 0 Å². The van der Waals surface area contributed by atoms with Crippen LogP contribution in [0.1, 0.15) is 31.5 Å². The van der Waals surface area contributed by atoms with Crippen LogP contribution in [0.15, 0.2) is 126 Å². The molecule has 0 fully saturated rings. The van der Waals surface area contributed by atoms with E-state index in [0.717, 1.165) is 18.7 Å². The lowest BCUT2D eigenvalue weighted by Crippen LogP contribution is -2.55. The van der Waals surface area contributed by atoms with Crippen LogP contribution in [0.5, 0.6) is 0 Å². The average molecular weight is 497 g/mol. The number of rotatable bonds is 4. The molecule has 2 aliphatic carbocycles. The first-order valence-electron chi connectivity index (χ1n) is 13.7. The predicted octanol–water partition coefficient (Wildman–Crippen LogP) is 7.35. The van der Waals surface area contributed by atoms with Gasteiger partial charge in [-0.1, -0.05) is 104 Å². The van der Waals surface area contributed by atoms with Crippen LogP contribution in [0.4, 0.5) is 0 Å². The molecule has 38 heavy (non-hydrogen) atoms. The molecule has 3 aromatic carbocycles. The molecule has 4 heteroatoms. The van der Waals surface area contributed by atoms with Crippen molar-refractivity contribution < 1.29 is 0 Å². The van der Waals surface area contributed by atoms with Gasteiger partial charge in [0.15, 0.2) is 0 Å². The van der Waals surface area contributed by atoms with Gasteiger partial charge in [-0.3, -0.25) is 5.32 Å². The van der Waals surface area contributed by atoms with E-state index in [0.29, 0.717) is 5.92 Å². The molecule has 0 bridgehead atoms. The van der Waals surface area contributed by atoms with E-state index in [2.05, 4.69) is 137 Å². The van der Waals surface area contributed by atoms with Crippen LogP contribution in [0.3, 0.4) is 0 Å². The number of nitrogens with one attached hydrogen (secondary N) is 2. The Bertz CT molecular complexity index is 1600. The predicted molar refractivity (Wildman–Crippen MR) is 159 cm³/mol. The number of amidine groups is 1. The molecule has 4 aromatic rings. The van der Waals surface area contributed by atoms with Crippen LogP contribution < -0.4 is 10.6 Å². The molecule has 7 rings (SSSR count). The summed E-state index contributed by atoms with van der Waals surface area (Å²) < 4.78 is 2.41. The minimum Gasteiger partial charge on any atom is -0.354 e. The second-order valence-electron chi connectivity index (χ2n) is 10.5. The fourth-order valence-electron chi connectivity index (χ4n) is 6.09. The van der Waals surface area contributed by atoms with Crippen LogP contribution in [0.2, 0.25) is 0 Å². The number of benzene rings is 3. The monoisotopic (exact) mass is 496 g/mol. The first kappa shape index (κ1) is 23.0. The van der Waals surface area contributed by atoms with Crippen molar-refractivity contribution in [2.45, 2.75) is 32.1 Å². The first-order valence-corrected chi connectivity index (χ1v) is 13.7. The molecule has 188 valence electrons. The van der Waals surface area contributed by atoms with Crippen LogP contribution in [-0.4, -0.2) is 16.6 Å². The Morgan fingerprint density at radius 3 is 2.26 bits per heavy atom. The molecule has 0 saturated carbocycles. The summed E-state index contributed by atoms with van der Waals surface area (Å²) in [5.41, 5.74) is 6.18. The highest BCUT2D eigenvalue weighted by Crippen LogP contribution is 2.35. The zero-order valence-corrected chi connectivity index (χ0v) is 21.6. The van der Waals surface area contributed by atoms with Crippen LogP contribution in [0, 0.1) is 11.8 Å². The summed E-state index contributed by atoms with van der Waals surface area (Å²) in [5.74, 6) is 1.72. The average Bonchev–Trinajstić information content (AvgIpc) is 3.32. The Kier molecular flexibility index (Phi) is 5.82. The van der Waals surface area contributed by atoms with Crippen molar-refractivity contribution in [3.63, 3.8) is 0 Å². The van der Waals surface area contributed by atoms with Gasteiger partial charge in [-0.05, 0) is 48.1 Å². The molecule has 0 radical (unpaired) electrons. The van der Waals surface area contributed by atoms with Crippen molar-refractivity contribution in [1.82, 2.24) is 15.2 Å². The van der Waals surface area contributed by atoms with Crippen LogP contribution in [-0.2, 0) is 0 Å². The van der Waals surface area contributed by atoms with Gasteiger partial charge in [0.1, 0.15) is 12.0 Å². The number of hydrogen-bond acceptors (Lipinski definition) is 3. The molecule has 1 aromatic heterocycles. The number of fused-ring (bicyclic) bond motifs is 3. The van der Waals surface area contributed by atoms with Gasteiger partial charge in [0.05, 0.1) is 17.2 Å². The molecule has 0 spiro atoms. The molecule has 1 aliphatic heterocycles. The van der Waals surface area contributed by atoms with Gasteiger partial charge in [0.2, 0.25) is 0 Å². The lowest BCUT2D eigenvalue weighted by atomic mass is 9.90. The lowest BCUT2D eigenvalue weighted by molar-refractivity contribution is 0.327. The quantitative estimate of drug-likeness (QED) is 0.310. The summed E-state index contributed by atoms with van der Waals surface area (Å²) in [6, 6.07) is 28.0. The third kappa shape index (κ3) is 4.02. The Balaban J connectivity index is 1.29. The summed E-state index contributed by atoms with van der Waals surface area (Å²) in [6.45, 7) is 2.29. The number of aliphatic imine (C=N–C) groups is 1.